The third-order valence-corrected chi connectivity index (χ3v) is 3.30. The van der Waals surface area contributed by atoms with E-state index in [4.69, 9.17) is 0 Å². The molecule has 0 fully saturated rings. The molecule has 0 N–H and O–H groups in total. The van der Waals surface area contributed by atoms with E-state index in [9.17, 15) is 4.39 Å². The van der Waals surface area contributed by atoms with Crippen molar-refractivity contribution in [1.29, 1.82) is 0 Å². The zero-order chi connectivity index (χ0) is 13.1. The fraction of sp³-hybridized carbons (Fsp3) is 1.00. The zero-order valence-electron chi connectivity index (χ0n) is 12.5. The number of halogens is 1. The highest BCUT2D eigenvalue weighted by Gasteiger charge is 2.19. The molecule has 16 heavy (non-hydrogen) atoms. The van der Waals surface area contributed by atoms with Crippen LogP contribution in [0.2, 0.25) is 0 Å². The first-order valence-electron chi connectivity index (χ1n) is 7.13. The number of rotatable bonds is 7. The summed E-state index contributed by atoms with van der Waals surface area (Å²) in [6.07, 6.45) is 3.91. The van der Waals surface area contributed by atoms with Crippen LogP contribution in [0.25, 0.3) is 0 Å². The molecule has 0 aliphatic carbocycles. The summed E-state index contributed by atoms with van der Waals surface area (Å²) in [5.41, 5.74) is 0. The normalized spacial score (nSPS) is 16.3. The Morgan fingerprint density at radius 2 is 1.44 bits per heavy atom. The van der Waals surface area contributed by atoms with Crippen LogP contribution in [0.1, 0.15) is 74.1 Å². The third-order valence-electron chi connectivity index (χ3n) is 3.30. The van der Waals surface area contributed by atoms with Crippen molar-refractivity contribution in [2.75, 3.05) is 0 Å². The van der Waals surface area contributed by atoms with E-state index >= 15 is 0 Å². The van der Waals surface area contributed by atoms with Crippen LogP contribution in [0.5, 0.6) is 0 Å². The average Bonchev–Trinajstić information content (AvgIpc) is 2.28. The molecule has 3 unspecified atom stereocenters. The van der Waals surface area contributed by atoms with Gasteiger partial charge in [-0.05, 0) is 24.2 Å². The lowest BCUT2D eigenvalue weighted by atomic mass is 9.85. The Bertz CT molecular complexity index is 131. The van der Waals surface area contributed by atoms with Gasteiger partial charge in [-0.3, -0.25) is 0 Å². The van der Waals surface area contributed by atoms with Gasteiger partial charge in [-0.2, -0.15) is 0 Å². The van der Waals surface area contributed by atoms with Crippen molar-refractivity contribution in [2.24, 2.45) is 17.8 Å². The molecule has 0 aromatic heterocycles. The Hall–Kier alpha value is -0.0700. The van der Waals surface area contributed by atoms with Crippen LogP contribution in [-0.2, 0) is 0 Å². The molecule has 0 bridgehead atoms. The van der Waals surface area contributed by atoms with Crippen LogP contribution in [-0.4, -0.2) is 6.17 Å². The standard InChI is InChI=1S/C13H27F.C2H6/c1-6-7-8-11(4)12(5)9-13(14)10(2)3;1-2/h10-13H,6-9H2,1-5H3;1-2H3. The first-order chi connectivity index (χ1) is 7.49. The van der Waals surface area contributed by atoms with Gasteiger partial charge >= 0.3 is 0 Å². The Balaban J connectivity index is 0. The summed E-state index contributed by atoms with van der Waals surface area (Å²) in [5.74, 6) is 1.38. The number of alkyl halides is 1. The predicted molar refractivity (Wildman–Crippen MR) is 73.6 cm³/mol. The molecular formula is C15H33F. The summed E-state index contributed by atoms with van der Waals surface area (Å²) < 4.78 is 13.5. The van der Waals surface area contributed by atoms with Gasteiger partial charge in [0.05, 0.1) is 0 Å². The summed E-state index contributed by atoms with van der Waals surface area (Å²) in [7, 11) is 0. The van der Waals surface area contributed by atoms with Gasteiger partial charge in [0.2, 0.25) is 0 Å². The maximum Gasteiger partial charge on any atom is 0.103 e. The molecule has 0 aromatic carbocycles. The largest absolute Gasteiger partial charge is 0.247 e. The summed E-state index contributed by atoms with van der Waals surface area (Å²) in [4.78, 5) is 0. The second-order valence-electron chi connectivity index (χ2n) is 5.09. The van der Waals surface area contributed by atoms with Gasteiger partial charge in [0.1, 0.15) is 6.17 Å². The minimum atomic E-state index is -0.617. The fourth-order valence-electron chi connectivity index (χ4n) is 1.67. The van der Waals surface area contributed by atoms with Crippen molar-refractivity contribution in [2.45, 2.75) is 80.3 Å². The lowest BCUT2D eigenvalue weighted by Gasteiger charge is -2.23. The molecule has 0 nitrogen and oxygen atoms in total. The molecule has 0 saturated carbocycles. The van der Waals surface area contributed by atoms with Gasteiger partial charge in [-0.1, -0.05) is 67.7 Å². The molecule has 0 amide bonds. The molecule has 3 atom stereocenters. The molecule has 0 spiro atoms. The van der Waals surface area contributed by atoms with Crippen LogP contribution in [0, 0.1) is 17.8 Å². The van der Waals surface area contributed by atoms with E-state index in [1.807, 2.05) is 27.7 Å². The van der Waals surface area contributed by atoms with E-state index in [-0.39, 0.29) is 5.92 Å². The Labute approximate surface area is 103 Å². The Kier molecular flexibility index (Phi) is 13.1. The fourth-order valence-corrected chi connectivity index (χ4v) is 1.67. The third kappa shape index (κ3) is 9.18. The van der Waals surface area contributed by atoms with Gasteiger partial charge in [0.25, 0.3) is 0 Å². The van der Waals surface area contributed by atoms with Crippen LogP contribution in [0.15, 0.2) is 0 Å². The van der Waals surface area contributed by atoms with Crippen molar-refractivity contribution in [1.82, 2.24) is 0 Å². The lowest BCUT2D eigenvalue weighted by molar-refractivity contribution is 0.184. The molecule has 0 aromatic rings. The molecule has 100 valence electrons. The van der Waals surface area contributed by atoms with Crippen LogP contribution in [0.4, 0.5) is 4.39 Å². The van der Waals surface area contributed by atoms with E-state index < -0.39 is 6.17 Å². The highest BCUT2D eigenvalue weighted by molar-refractivity contribution is 4.69. The molecule has 0 aliphatic heterocycles. The summed E-state index contributed by atoms with van der Waals surface area (Å²) in [6.45, 7) is 14.6. The molecule has 0 radical (unpaired) electrons. The Morgan fingerprint density at radius 1 is 0.938 bits per heavy atom. The number of hydrogen-bond acceptors (Lipinski definition) is 0. The van der Waals surface area contributed by atoms with E-state index in [0.29, 0.717) is 11.8 Å². The summed E-state index contributed by atoms with van der Waals surface area (Å²) in [6, 6.07) is 0. The van der Waals surface area contributed by atoms with Gasteiger partial charge in [0, 0.05) is 0 Å². The average molecular weight is 232 g/mol. The van der Waals surface area contributed by atoms with Crippen molar-refractivity contribution >= 4 is 0 Å². The quantitative estimate of drug-likeness (QED) is 0.516. The first kappa shape index (κ1) is 18.3. The van der Waals surface area contributed by atoms with Crippen molar-refractivity contribution < 1.29 is 4.39 Å². The molecule has 0 aliphatic rings. The molecule has 0 rings (SSSR count). The van der Waals surface area contributed by atoms with Gasteiger partial charge in [0.15, 0.2) is 0 Å². The highest BCUT2D eigenvalue weighted by atomic mass is 19.1. The molecule has 0 saturated heterocycles. The minimum absolute atomic E-state index is 0.177. The van der Waals surface area contributed by atoms with E-state index in [0.717, 1.165) is 6.42 Å². The first-order valence-corrected chi connectivity index (χ1v) is 7.13. The number of hydrogen-bond donors (Lipinski definition) is 0. The van der Waals surface area contributed by atoms with Crippen molar-refractivity contribution in [3.63, 3.8) is 0 Å². The lowest BCUT2D eigenvalue weighted by Crippen LogP contribution is -2.18. The Morgan fingerprint density at radius 3 is 1.81 bits per heavy atom. The molecule has 1 heteroatoms. The predicted octanol–water partition coefficient (Wildman–Crippen LogP) is 5.86. The highest BCUT2D eigenvalue weighted by Crippen LogP contribution is 2.25. The van der Waals surface area contributed by atoms with E-state index in [1.54, 1.807) is 0 Å². The van der Waals surface area contributed by atoms with Gasteiger partial charge in [-0.15, -0.1) is 0 Å². The maximum absolute atomic E-state index is 13.5. The van der Waals surface area contributed by atoms with E-state index in [1.165, 1.54) is 19.3 Å². The van der Waals surface area contributed by atoms with Crippen molar-refractivity contribution in [3.05, 3.63) is 0 Å². The summed E-state index contributed by atoms with van der Waals surface area (Å²) >= 11 is 0. The zero-order valence-corrected chi connectivity index (χ0v) is 12.5. The molecule has 0 heterocycles. The minimum Gasteiger partial charge on any atom is -0.247 e. The monoisotopic (exact) mass is 232 g/mol. The van der Waals surface area contributed by atoms with E-state index in [2.05, 4.69) is 20.8 Å². The second-order valence-corrected chi connectivity index (χ2v) is 5.09. The van der Waals surface area contributed by atoms with Crippen LogP contribution >= 0.6 is 0 Å². The topological polar surface area (TPSA) is 0 Å². The van der Waals surface area contributed by atoms with Crippen molar-refractivity contribution in [3.8, 4) is 0 Å². The smallest absolute Gasteiger partial charge is 0.103 e. The SMILES string of the molecule is CC.CCCCC(C)C(C)CC(F)C(C)C. The van der Waals surface area contributed by atoms with Gasteiger partial charge in [-0.25, -0.2) is 4.39 Å². The second kappa shape index (κ2) is 11.4. The van der Waals surface area contributed by atoms with Crippen LogP contribution in [0.3, 0.4) is 0 Å². The van der Waals surface area contributed by atoms with Crippen LogP contribution < -0.4 is 0 Å². The maximum atomic E-state index is 13.5. The number of unbranched alkanes of at least 4 members (excludes halogenated alkanes) is 1. The molecular weight excluding hydrogens is 199 g/mol. The summed E-state index contributed by atoms with van der Waals surface area (Å²) in [5, 5.41) is 0. The van der Waals surface area contributed by atoms with Gasteiger partial charge < -0.3 is 0 Å².